The number of carbonyl (C=O) groups is 1. The fourth-order valence-electron chi connectivity index (χ4n) is 1.72. The predicted molar refractivity (Wildman–Crippen MR) is 73.5 cm³/mol. The number of ether oxygens (including phenoxy) is 1. The smallest absolute Gasteiger partial charge is 0.244 e. The monoisotopic (exact) mass is 250 g/mol. The number of anilines is 1. The second-order valence-corrected chi connectivity index (χ2v) is 4.70. The van der Waals surface area contributed by atoms with Gasteiger partial charge in [0.05, 0.1) is 12.1 Å². The molecule has 0 spiro atoms. The lowest BCUT2D eigenvalue weighted by atomic mass is 10.0. The molecule has 0 aliphatic carbocycles. The van der Waals surface area contributed by atoms with Gasteiger partial charge < -0.3 is 15.4 Å². The Morgan fingerprint density at radius 1 is 1.33 bits per heavy atom. The summed E-state index contributed by atoms with van der Waals surface area (Å²) in [5, 5.41) is 6.09. The van der Waals surface area contributed by atoms with E-state index in [-0.39, 0.29) is 5.91 Å². The van der Waals surface area contributed by atoms with Crippen LogP contribution in [0.2, 0.25) is 0 Å². The minimum atomic E-state index is -0.588. The molecule has 0 aromatic heterocycles. The summed E-state index contributed by atoms with van der Waals surface area (Å²) in [7, 11) is 1.64. The molecule has 0 unspecified atom stereocenters. The maximum atomic E-state index is 12.2. The van der Waals surface area contributed by atoms with E-state index in [1.807, 2.05) is 45.0 Å². The van der Waals surface area contributed by atoms with Crippen LogP contribution in [0.3, 0.4) is 0 Å². The molecule has 1 amide bonds. The zero-order valence-electron chi connectivity index (χ0n) is 11.5. The molecule has 0 atom stereocenters. The number of rotatable bonds is 6. The number of methoxy groups -OCH3 is 1. The van der Waals surface area contributed by atoms with E-state index in [4.69, 9.17) is 4.74 Å². The highest BCUT2D eigenvalue weighted by molar-refractivity contribution is 5.98. The Kier molecular flexibility index (Phi) is 5.31. The summed E-state index contributed by atoms with van der Waals surface area (Å²) in [6.07, 6.45) is 0. The van der Waals surface area contributed by atoms with Crippen LogP contribution in [0.5, 0.6) is 0 Å². The van der Waals surface area contributed by atoms with Gasteiger partial charge in [0.1, 0.15) is 0 Å². The topological polar surface area (TPSA) is 50.4 Å². The van der Waals surface area contributed by atoms with Crippen LogP contribution in [-0.4, -0.2) is 25.1 Å². The van der Waals surface area contributed by atoms with Crippen molar-refractivity contribution in [2.45, 2.75) is 32.9 Å². The molecule has 4 nitrogen and oxygen atoms in total. The minimum absolute atomic E-state index is 0.0482. The first kappa shape index (κ1) is 14.7. The molecule has 0 saturated carbocycles. The molecule has 1 aromatic rings. The van der Waals surface area contributed by atoms with Crippen molar-refractivity contribution < 1.29 is 9.53 Å². The van der Waals surface area contributed by atoms with Gasteiger partial charge in [-0.25, -0.2) is 0 Å². The van der Waals surface area contributed by atoms with E-state index in [2.05, 4.69) is 10.6 Å². The Morgan fingerprint density at radius 2 is 2.00 bits per heavy atom. The normalized spacial score (nSPS) is 11.3. The van der Waals surface area contributed by atoms with Crippen molar-refractivity contribution >= 4 is 11.6 Å². The van der Waals surface area contributed by atoms with Crippen molar-refractivity contribution in [2.75, 3.05) is 19.0 Å². The fourth-order valence-corrected chi connectivity index (χ4v) is 1.72. The van der Waals surface area contributed by atoms with E-state index in [0.29, 0.717) is 6.61 Å². The van der Waals surface area contributed by atoms with Gasteiger partial charge in [-0.1, -0.05) is 25.1 Å². The van der Waals surface area contributed by atoms with Crippen molar-refractivity contribution in [3.8, 4) is 0 Å². The zero-order valence-corrected chi connectivity index (χ0v) is 11.5. The highest BCUT2D eigenvalue weighted by Gasteiger charge is 2.26. The fraction of sp³-hybridized carbons (Fsp3) is 0.500. The summed E-state index contributed by atoms with van der Waals surface area (Å²) in [6, 6.07) is 7.65. The van der Waals surface area contributed by atoms with E-state index in [1.54, 1.807) is 7.11 Å². The summed E-state index contributed by atoms with van der Waals surface area (Å²) in [5.41, 5.74) is 1.19. The third kappa shape index (κ3) is 3.82. The van der Waals surface area contributed by atoms with Gasteiger partial charge in [0.25, 0.3) is 0 Å². The highest BCUT2D eigenvalue weighted by atomic mass is 16.5. The Hall–Kier alpha value is -1.39. The van der Waals surface area contributed by atoms with Crippen molar-refractivity contribution in [2.24, 2.45) is 0 Å². The number of carbonyl (C=O) groups excluding carboxylic acids is 1. The molecular weight excluding hydrogens is 228 g/mol. The van der Waals surface area contributed by atoms with Gasteiger partial charge in [-0.05, 0) is 26.5 Å². The lowest BCUT2D eigenvalue weighted by molar-refractivity contribution is -0.121. The van der Waals surface area contributed by atoms with Crippen LogP contribution in [0.25, 0.3) is 0 Å². The molecule has 0 aliphatic rings. The Morgan fingerprint density at radius 3 is 2.61 bits per heavy atom. The van der Waals surface area contributed by atoms with Gasteiger partial charge >= 0.3 is 0 Å². The Bertz CT molecular complexity index is 403. The number of amides is 1. The average Bonchev–Trinajstić information content (AvgIpc) is 2.32. The first-order valence-electron chi connectivity index (χ1n) is 6.14. The number of nitrogens with one attached hydrogen (secondary N) is 2. The van der Waals surface area contributed by atoms with Crippen LogP contribution >= 0.6 is 0 Å². The van der Waals surface area contributed by atoms with Gasteiger partial charge in [0.15, 0.2) is 0 Å². The first-order chi connectivity index (χ1) is 8.51. The SMILES string of the molecule is CCNC(C)(C)C(=O)Nc1ccccc1COC. The van der Waals surface area contributed by atoms with Crippen LogP contribution in [0.1, 0.15) is 26.3 Å². The van der Waals surface area contributed by atoms with Crippen LogP contribution in [0.4, 0.5) is 5.69 Å². The molecule has 1 aromatic carbocycles. The Balaban J connectivity index is 2.81. The van der Waals surface area contributed by atoms with E-state index in [1.165, 1.54) is 0 Å². The van der Waals surface area contributed by atoms with E-state index in [0.717, 1.165) is 17.8 Å². The number of hydrogen-bond acceptors (Lipinski definition) is 3. The largest absolute Gasteiger partial charge is 0.380 e. The number of para-hydroxylation sites is 1. The van der Waals surface area contributed by atoms with Crippen molar-refractivity contribution in [1.82, 2.24) is 5.32 Å². The molecule has 0 aliphatic heterocycles. The Labute approximate surface area is 109 Å². The van der Waals surface area contributed by atoms with Gasteiger partial charge in [-0.3, -0.25) is 4.79 Å². The maximum absolute atomic E-state index is 12.2. The summed E-state index contributed by atoms with van der Waals surface area (Å²) in [5.74, 6) is -0.0482. The minimum Gasteiger partial charge on any atom is -0.380 e. The second kappa shape index (κ2) is 6.52. The quantitative estimate of drug-likeness (QED) is 0.813. The average molecular weight is 250 g/mol. The first-order valence-corrected chi connectivity index (χ1v) is 6.14. The van der Waals surface area contributed by atoms with Gasteiger partial charge in [0.2, 0.25) is 5.91 Å². The maximum Gasteiger partial charge on any atom is 0.244 e. The number of benzene rings is 1. The van der Waals surface area contributed by atoms with Crippen LogP contribution < -0.4 is 10.6 Å². The van der Waals surface area contributed by atoms with E-state index in [9.17, 15) is 4.79 Å². The lowest BCUT2D eigenvalue weighted by Crippen LogP contribution is -2.49. The van der Waals surface area contributed by atoms with Gasteiger partial charge in [0, 0.05) is 18.4 Å². The zero-order chi connectivity index (χ0) is 13.6. The molecular formula is C14H22N2O2. The molecule has 0 heterocycles. The van der Waals surface area contributed by atoms with Crippen LogP contribution in [-0.2, 0) is 16.1 Å². The second-order valence-electron chi connectivity index (χ2n) is 4.70. The highest BCUT2D eigenvalue weighted by Crippen LogP contribution is 2.17. The van der Waals surface area contributed by atoms with Gasteiger partial charge in [-0.2, -0.15) is 0 Å². The van der Waals surface area contributed by atoms with E-state index < -0.39 is 5.54 Å². The summed E-state index contributed by atoms with van der Waals surface area (Å²) < 4.78 is 5.12. The van der Waals surface area contributed by atoms with Crippen molar-refractivity contribution in [3.05, 3.63) is 29.8 Å². The van der Waals surface area contributed by atoms with Crippen LogP contribution in [0, 0.1) is 0 Å². The van der Waals surface area contributed by atoms with E-state index >= 15 is 0 Å². The third-order valence-electron chi connectivity index (χ3n) is 2.75. The molecule has 100 valence electrons. The molecule has 0 radical (unpaired) electrons. The molecule has 1 rings (SSSR count). The third-order valence-corrected chi connectivity index (χ3v) is 2.75. The summed E-state index contributed by atoms with van der Waals surface area (Å²) in [4.78, 5) is 12.2. The molecule has 0 bridgehead atoms. The predicted octanol–water partition coefficient (Wildman–Crippen LogP) is 2.16. The van der Waals surface area contributed by atoms with Crippen molar-refractivity contribution in [3.63, 3.8) is 0 Å². The van der Waals surface area contributed by atoms with Crippen LogP contribution in [0.15, 0.2) is 24.3 Å². The standard InChI is InChI=1S/C14H22N2O2/c1-5-15-14(2,3)13(17)16-12-9-7-6-8-11(12)10-18-4/h6-9,15H,5,10H2,1-4H3,(H,16,17). The number of likely N-dealkylation sites (N-methyl/N-ethyl adjacent to an activating group) is 1. The number of hydrogen-bond donors (Lipinski definition) is 2. The van der Waals surface area contributed by atoms with Crippen molar-refractivity contribution in [1.29, 1.82) is 0 Å². The van der Waals surface area contributed by atoms with Gasteiger partial charge in [-0.15, -0.1) is 0 Å². The molecule has 18 heavy (non-hydrogen) atoms. The summed E-state index contributed by atoms with van der Waals surface area (Å²) in [6.45, 7) is 6.95. The molecule has 0 fully saturated rings. The summed E-state index contributed by atoms with van der Waals surface area (Å²) >= 11 is 0. The lowest BCUT2D eigenvalue weighted by Gasteiger charge is -2.25. The molecule has 2 N–H and O–H groups in total. The molecule has 4 heteroatoms. The molecule has 0 saturated heterocycles.